The fourth-order valence-electron chi connectivity index (χ4n) is 12.2. The summed E-state index contributed by atoms with van der Waals surface area (Å²) in [4.78, 5) is 33.2. The van der Waals surface area contributed by atoms with Crippen LogP contribution in [0.2, 0.25) is 10.0 Å². The van der Waals surface area contributed by atoms with Gasteiger partial charge in [-0.2, -0.15) is 0 Å². The van der Waals surface area contributed by atoms with Crippen LogP contribution in [0.15, 0.2) is 58.3 Å². The Labute approximate surface area is 479 Å². The third-order valence-electron chi connectivity index (χ3n) is 15.9. The van der Waals surface area contributed by atoms with E-state index in [1.807, 2.05) is 52.2 Å². The van der Waals surface area contributed by atoms with E-state index in [4.69, 9.17) is 43.0 Å². The second-order valence-electron chi connectivity index (χ2n) is 21.8. The molecule has 4 aromatic carbocycles. The fraction of sp³-hybridized carbons (Fsp3) is 0.536. The van der Waals surface area contributed by atoms with Crippen LogP contribution in [-0.2, 0) is 42.6 Å². The van der Waals surface area contributed by atoms with Gasteiger partial charge in [-0.1, -0.05) is 23.2 Å². The predicted octanol–water partition coefficient (Wildman–Crippen LogP) is 6.03. The first-order valence-corrected chi connectivity index (χ1v) is 31.2. The summed E-state index contributed by atoms with van der Waals surface area (Å²) in [5.74, 6) is -2.39. The summed E-state index contributed by atoms with van der Waals surface area (Å²) in [6.45, 7) is 12.4. The normalized spacial score (nSPS) is 20.2. The molecule has 0 radical (unpaired) electrons. The first kappa shape index (κ1) is 61.5. The molecule has 2 saturated heterocycles. The number of halogens is 4. The van der Waals surface area contributed by atoms with Crippen molar-refractivity contribution in [3.05, 3.63) is 126 Å². The average Bonchev–Trinajstić information content (AvgIpc) is 4.06. The van der Waals surface area contributed by atoms with Crippen molar-refractivity contribution in [1.29, 1.82) is 0 Å². The third kappa shape index (κ3) is 15.4. The van der Waals surface area contributed by atoms with Gasteiger partial charge in [0.15, 0.2) is 0 Å². The molecular weight excluding hydrogens is 1110 g/mol. The number of primary sulfonamides is 2. The van der Waals surface area contributed by atoms with Crippen LogP contribution in [0.1, 0.15) is 105 Å². The van der Waals surface area contributed by atoms with Crippen molar-refractivity contribution < 1.29 is 44.7 Å². The molecule has 4 aliphatic heterocycles. The lowest BCUT2D eigenvalue weighted by molar-refractivity contribution is 0.113. The number of nitrogens with zero attached hydrogens (tertiary/aromatic N) is 4. The number of nitrogens with one attached hydrogen (secondary N) is 4. The van der Waals surface area contributed by atoms with Gasteiger partial charge in [-0.15, -0.1) is 0 Å². The quantitative estimate of drug-likeness (QED) is 0.0468. The van der Waals surface area contributed by atoms with E-state index in [1.165, 1.54) is 24.3 Å². The van der Waals surface area contributed by atoms with Crippen molar-refractivity contribution in [2.75, 3.05) is 119 Å². The van der Waals surface area contributed by atoms with Gasteiger partial charge in [-0.25, -0.2) is 45.5 Å². The SMILES string of the molecule is Cc1cc(Cl)cc2c1CN(C)CC2c1c(F)ccc(S(N)(=O)=O)c1[C@@H]1CCN(CCOCCNC(=O)NCCCCNC(=O)NCCOCCN2CC[C@@H](c3c(S(N)(=O)=O)ccc(F)c3C3CN(C)Cc4c(C)cc(Cl)cc43)C2)C1. The molecule has 2 unspecified atom stereocenters. The number of sulfonamides is 2. The van der Waals surface area contributed by atoms with E-state index < -0.39 is 43.5 Å². The van der Waals surface area contributed by atoms with E-state index in [0.717, 1.165) is 33.4 Å². The van der Waals surface area contributed by atoms with Crippen LogP contribution < -0.4 is 31.5 Å². The highest BCUT2D eigenvalue weighted by molar-refractivity contribution is 7.89. The predicted molar refractivity (Wildman–Crippen MR) is 306 cm³/mol. The van der Waals surface area contributed by atoms with Gasteiger partial charge in [0.1, 0.15) is 11.6 Å². The summed E-state index contributed by atoms with van der Waals surface area (Å²) in [6.07, 6.45) is 2.50. The lowest BCUT2D eigenvalue weighted by Crippen LogP contribution is -2.39. The van der Waals surface area contributed by atoms with Crippen molar-refractivity contribution in [1.82, 2.24) is 40.9 Å². The van der Waals surface area contributed by atoms with E-state index >= 15 is 8.78 Å². The summed E-state index contributed by atoms with van der Waals surface area (Å²) < 4.78 is 95.9. The second-order valence-corrected chi connectivity index (χ2v) is 25.7. The summed E-state index contributed by atoms with van der Waals surface area (Å²) in [5, 5.41) is 23.8. The minimum Gasteiger partial charge on any atom is -0.378 e. The molecule has 24 heteroatoms. The zero-order valence-electron chi connectivity index (χ0n) is 46.0. The van der Waals surface area contributed by atoms with Crippen LogP contribution in [0.25, 0.3) is 0 Å². The maximum atomic E-state index is 16.1. The number of urea groups is 2. The molecule has 0 aliphatic carbocycles. The Balaban J connectivity index is 0.680. The molecule has 4 atom stereocenters. The highest BCUT2D eigenvalue weighted by Gasteiger charge is 2.39. The number of aryl methyl sites for hydroxylation is 2. The van der Waals surface area contributed by atoms with Crippen LogP contribution >= 0.6 is 23.2 Å². The fourth-order valence-corrected chi connectivity index (χ4v) is 14.5. The third-order valence-corrected chi connectivity index (χ3v) is 18.3. The zero-order chi connectivity index (χ0) is 57.5. The Morgan fingerprint density at radius 2 is 0.975 bits per heavy atom. The molecule has 8 rings (SSSR count). The number of carbonyl (C=O) groups is 2. The van der Waals surface area contributed by atoms with Gasteiger partial charge < -0.3 is 50.3 Å². The van der Waals surface area contributed by atoms with E-state index in [9.17, 15) is 26.4 Å². The topological polar surface area (TPSA) is 234 Å². The van der Waals surface area contributed by atoms with Gasteiger partial charge in [-0.3, -0.25) is 0 Å². The van der Waals surface area contributed by atoms with E-state index in [2.05, 4.69) is 40.9 Å². The number of rotatable bonds is 23. The molecular formula is C56H76Cl2F2N10O8S2. The molecule has 438 valence electrons. The number of unbranched alkanes of at least 4 members (excludes halogenated alkanes) is 1. The maximum Gasteiger partial charge on any atom is 0.314 e. The van der Waals surface area contributed by atoms with Gasteiger partial charge in [0.2, 0.25) is 20.0 Å². The molecule has 4 aliphatic rings. The monoisotopic (exact) mass is 1190 g/mol. The Morgan fingerprint density at radius 1 is 0.588 bits per heavy atom. The molecule has 0 aromatic heterocycles. The minimum atomic E-state index is -4.18. The molecule has 4 heterocycles. The minimum absolute atomic E-state index is 0.0544. The number of carbonyl (C=O) groups excluding carboxylic acids is 2. The molecule has 0 bridgehead atoms. The number of fused-ring (bicyclic) bond motifs is 2. The summed E-state index contributed by atoms with van der Waals surface area (Å²) >= 11 is 13.0. The van der Waals surface area contributed by atoms with Crippen LogP contribution in [-0.4, -0.2) is 168 Å². The molecule has 4 amide bonds. The highest BCUT2D eigenvalue weighted by Crippen LogP contribution is 2.46. The summed E-state index contributed by atoms with van der Waals surface area (Å²) in [7, 11) is -4.42. The van der Waals surface area contributed by atoms with Gasteiger partial charge in [-0.05, 0) is 172 Å². The van der Waals surface area contributed by atoms with Crippen molar-refractivity contribution >= 4 is 55.3 Å². The number of likely N-dealkylation sites (N-methyl/N-ethyl adjacent to an activating group) is 2. The maximum absolute atomic E-state index is 16.1. The number of likely N-dealkylation sites (tertiary alicyclic amines) is 2. The lowest BCUT2D eigenvalue weighted by atomic mass is 9.78. The average molecular weight is 1190 g/mol. The van der Waals surface area contributed by atoms with Crippen LogP contribution in [0.5, 0.6) is 0 Å². The van der Waals surface area contributed by atoms with E-state index in [1.54, 1.807) is 0 Å². The molecule has 18 nitrogen and oxygen atoms in total. The largest absolute Gasteiger partial charge is 0.378 e. The van der Waals surface area contributed by atoms with Crippen LogP contribution in [0.4, 0.5) is 18.4 Å². The van der Waals surface area contributed by atoms with Crippen molar-refractivity contribution in [2.24, 2.45) is 10.3 Å². The standard InChI is InChI=1S/C56H76Cl2F2N10O8S2/c1-35-25-39(57)27-41-43(35)31-67(3)33-45(41)53-47(59)7-9-49(79(61,73)74)51(53)37-11-17-69(29-37)19-23-77-21-15-65-55(71)63-13-5-6-14-64-56(72)66-16-22-78-24-20-70-18-12-38(30-70)52-50(80(62,75)76)10-8-48(60)54(52)46-34-68(4)32-44-36(2)26-40(58)28-42(44)46/h7-10,25-28,37-38,45-46H,5-6,11-24,29-34H2,1-4H3,(H2,61,73,74)(H2,62,75,76)(H2,63,65,71)(H2,64,66,72)/t37-,38-,45?,46?/m1/s1. The molecule has 80 heavy (non-hydrogen) atoms. The Bertz CT molecular complexity index is 2920. The molecule has 2 fully saturated rings. The van der Waals surface area contributed by atoms with Crippen molar-refractivity contribution in [3.8, 4) is 0 Å². The van der Waals surface area contributed by atoms with E-state index in [0.29, 0.717) is 150 Å². The first-order chi connectivity index (χ1) is 38.1. The van der Waals surface area contributed by atoms with Crippen LogP contribution in [0, 0.1) is 25.5 Å². The Hall–Kier alpha value is -4.56. The van der Waals surface area contributed by atoms with E-state index in [-0.39, 0.29) is 60.0 Å². The number of hydrogen-bond donors (Lipinski definition) is 6. The smallest absolute Gasteiger partial charge is 0.314 e. The van der Waals surface area contributed by atoms with Gasteiger partial charge in [0, 0.05) is 112 Å². The molecule has 8 N–H and O–H groups in total. The number of benzene rings is 4. The van der Waals surface area contributed by atoms with Gasteiger partial charge in [0.25, 0.3) is 0 Å². The Kier molecular flexibility index (Phi) is 20.9. The molecule has 0 saturated carbocycles. The zero-order valence-corrected chi connectivity index (χ0v) is 49.2. The number of nitrogens with two attached hydrogens (primary N) is 2. The van der Waals surface area contributed by atoms with Crippen LogP contribution in [0.3, 0.4) is 0 Å². The van der Waals surface area contributed by atoms with Gasteiger partial charge in [0.05, 0.1) is 36.2 Å². The number of amides is 4. The van der Waals surface area contributed by atoms with Gasteiger partial charge >= 0.3 is 12.1 Å². The second kappa shape index (κ2) is 27.2. The summed E-state index contributed by atoms with van der Waals surface area (Å²) in [5.41, 5.74) is 7.46. The number of hydrogen-bond acceptors (Lipinski definition) is 12. The molecule has 0 spiro atoms. The summed E-state index contributed by atoms with van der Waals surface area (Å²) in [6, 6.07) is 11.8. The van der Waals surface area contributed by atoms with Crippen molar-refractivity contribution in [3.63, 3.8) is 0 Å². The molecule has 4 aromatic rings. The Morgan fingerprint density at radius 3 is 1.36 bits per heavy atom. The number of ether oxygens (including phenoxy) is 2. The highest BCUT2D eigenvalue weighted by atomic mass is 35.5. The first-order valence-electron chi connectivity index (χ1n) is 27.4. The van der Waals surface area contributed by atoms with Crippen molar-refractivity contribution in [2.45, 2.75) is 86.1 Å². The lowest BCUT2D eigenvalue weighted by Gasteiger charge is -2.36.